The molecular formula is C11H13BrFN3O2. The maximum atomic E-state index is 13.5. The normalized spacial score (nSPS) is 19.9. The van der Waals surface area contributed by atoms with Crippen molar-refractivity contribution in [3.8, 4) is 0 Å². The number of piperidine rings is 1. The lowest BCUT2D eigenvalue weighted by molar-refractivity contribution is -0.384. The van der Waals surface area contributed by atoms with Gasteiger partial charge in [-0.2, -0.15) is 0 Å². The van der Waals surface area contributed by atoms with E-state index in [0.717, 1.165) is 12.8 Å². The minimum Gasteiger partial charge on any atom is -0.364 e. The molecule has 98 valence electrons. The van der Waals surface area contributed by atoms with Crippen LogP contribution in [0.25, 0.3) is 0 Å². The quantitative estimate of drug-likeness (QED) is 0.671. The van der Waals surface area contributed by atoms with Gasteiger partial charge in [-0.1, -0.05) is 0 Å². The molecule has 0 radical (unpaired) electrons. The zero-order valence-corrected chi connectivity index (χ0v) is 11.2. The van der Waals surface area contributed by atoms with Crippen LogP contribution in [0.4, 0.5) is 15.8 Å². The van der Waals surface area contributed by atoms with Crippen molar-refractivity contribution >= 4 is 27.3 Å². The van der Waals surface area contributed by atoms with Gasteiger partial charge in [-0.25, -0.2) is 4.39 Å². The Morgan fingerprint density at radius 3 is 2.89 bits per heavy atom. The fourth-order valence-corrected chi connectivity index (χ4v) is 2.49. The fourth-order valence-electron chi connectivity index (χ4n) is 2.15. The summed E-state index contributed by atoms with van der Waals surface area (Å²) in [5.41, 5.74) is 6.04. The molecule has 1 aliphatic rings. The summed E-state index contributed by atoms with van der Waals surface area (Å²) in [7, 11) is 0. The van der Waals surface area contributed by atoms with Crippen LogP contribution in [0.1, 0.15) is 12.8 Å². The number of nitro benzene ring substituents is 1. The number of hydrogen-bond donors (Lipinski definition) is 1. The first-order chi connectivity index (χ1) is 8.49. The highest BCUT2D eigenvalue weighted by Gasteiger charge is 2.25. The van der Waals surface area contributed by atoms with Crippen LogP contribution in [0.5, 0.6) is 0 Å². The molecule has 5 nitrogen and oxygen atoms in total. The molecule has 1 heterocycles. The molecule has 2 N–H and O–H groups in total. The monoisotopic (exact) mass is 317 g/mol. The third kappa shape index (κ3) is 2.62. The summed E-state index contributed by atoms with van der Waals surface area (Å²) in [6, 6.07) is 2.37. The third-order valence-electron chi connectivity index (χ3n) is 3.01. The number of halogens is 2. The number of hydrogen-bond acceptors (Lipinski definition) is 4. The zero-order valence-electron chi connectivity index (χ0n) is 9.60. The van der Waals surface area contributed by atoms with Gasteiger partial charge < -0.3 is 10.6 Å². The van der Waals surface area contributed by atoms with E-state index < -0.39 is 10.7 Å². The molecule has 1 aliphatic heterocycles. The van der Waals surface area contributed by atoms with Crippen molar-refractivity contribution in [1.82, 2.24) is 0 Å². The first-order valence-electron chi connectivity index (χ1n) is 5.63. The smallest absolute Gasteiger partial charge is 0.293 e. The van der Waals surface area contributed by atoms with Crippen molar-refractivity contribution in [1.29, 1.82) is 0 Å². The van der Waals surface area contributed by atoms with Crippen LogP contribution in [-0.2, 0) is 0 Å². The van der Waals surface area contributed by atoms with E-state index in [1.165, 1.54) is 12.1 Å². The molecule has 0 amide bonds. The third-order valence-corrected chi connectivity index (χ3v) is 3.62. The molecule has 1 aromatic rings. The molecule has 1 fully saturated rings. The van der Waals surface area contributed by atoms with E-state index in [0.29, 0.717) is 18.8 Å². The minimum atomic E-state index is -0.505. The number of nitrogens with two attached hydrogens (primary N) is 1. The molecule has 7 heteroatoms. The Labute approximate surface area is 112 Å². The van der Waals surface area contributed by atoms with Gasteiger partial charge in [0.1, 0.15) is 11.5 Å². The predicted octanol–water partition coefficient (Wildman–Crippen LogP) is 2.42. The van der Waals surface area contributed by atoms with Crippen LogP contribution in [0.3, 0.4) is 0 Å². The molecule has 1 atom stereocenters. The second-order valence-corrected chi connectivity index (χ2v) is 5.21. The lowest BCUT2D eigenvalue weighted by Crippen LogP contribution is -2.43. The minimum absolute atomic E-state index is 0.0231. The maximum absolute atomic E-state index is 13.5. The first-order valence-corrected chi connectivity index (χ1v) is 6.42. The molecule has 0 spiro atoms. The molecular weight excluding hydrogens is 305 g/mol. The number of nitrogens with zero attached hydrogens (tertiary/aromatic N) is 2. The molecule has 2 rings (SSSR count). The van der Waals surface area contributed by atoms with Crippen LogP contribution in [0, 0.1) is 15.9 Å². The predicted molar refractivity (Wildman–Crippen MR) is 70.2 cm³/mol. The number of anilines is 1. The number of nitro groups is 1. The van der Waals surface area contributed by atoms with Crippen molar-refractivity contribution < 1.29 is 9.31 Å². The van der Waals surface area contributed by atoms with Gasteiger partial charge in [0.25, 0.3) is 5.69 Å². The van der Waals surface area contributed by atoms with Gasteiger partial charge >= 0.3 is 0 Å². The SMILES string of the molecule is N[C@@H]1CCCN(c2cc(F)c(Br)cc2[N+](=O)[O-])C1. The molecule has 18 heavy (non-hydrogen) atoms. The highest BCUT2D eigenvalue weighted by atomic mass is 79.9. The largest absolute Gasteiger partial charge is 0.364 e. The zero-order chi connectivity index (χ0) is 13.3. The van der Waals surface area contributed by atoms with Gasteiger partial charge in [0, 0.05) is 31.3 Å². The van der Waals surface area contributed by atoms with E-state index in [1.54, 1.807) is 4.90 Å². The van der Waals surface area contributed by atoms with Crippen molar-refractivity contribution in [2.45, 2.75) is 18.9 Å². The van der Waals surface area contributed by atoms with E-state index in [2.05, 4.69) is 15.9 Å². The van der Waals surface area contributed by atoms with Gasteiger partial charge in [-0.3, -0.25) is 10.1 Å². The van der Waals surface area contributed by atoms with Crippen molar-refractivity contribution in [2.75, 3.05) is 18.0 Å². The maximum Gasteiger partial charge on any atom is 0.293 e. The summed E-state index contributed by atoms with van der Waals surface area (Å²) < 4.78 is 13.6. The van der Waals surface area contributed by atoms with E-state index in [9.17, 15) is 14.5 Å². The van der Waals surface area contributed by atoms with Gasteiger partial charge in [0.15, 0.2) is 0 Å². The Morgan fingerprint density at radius 2 is 2.28 bits per heavy atom. The van der Waals surface area contributed by atoms with Crippen LogP contribution >= 0.6 is 15.9 Å². The Kier molecular flexibility index (Phi) is 3.82. The van der Waals surface area contributed by atoms with Crippen LogP contribution < -0.4 is 10.6 Å². The second kappa shape index (κ2) is 5.19. The highest BCUT2D eigenvalue weighted by molar-refractivity contribution is 9.10. The molecule has 0 bridgehead atoms. The molecule has 0 aromatic heterocycles. The number of rotatable bonds is 2. The molecule has 0 saturated carbocycles. The Balaban J connectivity index is 2.41. The topological polar surface area (TPSA) is 72.4 Å². The first kappa shape index (κ1) is 13.2. The lowest BCUT2D eigenvalue weighted by atomic mass is 10.1. The van der Waals surface area contributed by atoms with E-state index in [1.807, 2.05) is 0 Å². The molecule has 0 aliphatic carbocycles. The molecule has 1 saturated heterocycles. The van der Waals surface area contributed by atoms with Crippen LogP contribution in [0.2, 0.25) is 0 Å². The van der Waals surface area contributed by atoms with Crippen molar-refractivity contribution in [3.63, 3.8) is 0 Å². The molecule has 0 unspecified atom stereocenters. The number of benzene rings is 1. The standard InChI is InChI=1S/C11H13BrFN3O2/c12-8-4-11(16(17)18)10(5-9(8)13)15-3-1-2-7(14)6-15/h4-5,7H,1-3,6,14H2/t7-/m1/s1. The van der Waals surface area contributed by atoms with Crippen molar-refractivity contribution in [2.24, 2.45) is 5.73 Å². The fraction of sp³-hybridized carbons (Fsp3) is 0.455. The lowest BCUT2D eigenvalue weighted by Gasteiger charge is -2.32. The Morgan fingerprint density at radius 1 is 1.56 bits per heavy atom. The van der Waals surface area contributed by atoms with E-state index >= 15 is 0 Å². The summed E-state index contributed by atoms with van der Waals surface area (Å²) in [4.78, 5) is 12.3. The van der Waals surface area contributed by atoms with Crippen molar-refractivity contribution in [3.05, 3.63) is 32.5 Å². The van der Waals surface area contributed by atoms with Gasteiger partial charge in [-0.05, 0) is 28.8 Å². The van der Waals surface area contributed by atoms with Gasteiger partial charge in [-0.15, -0.1) is 0 Å². The summed E-state index contributed by atoms with van der Waals surface area (Å²) >= 11 is 2.96. The summed E-state index contributed by atoms with van der Waals surface area (Å²) in [5.74, 6) is -0.505. The summed E-state index contributed by atoms with van der Waals surface area (Å²) in [6.07, 6.45) is 1.75. The Bertz CT molecular complexity index is 484. The molecule has 1 aromatic carbocycles. The van der Waals surface area contributed by atoms with Gasteiger partial charge in [0.2, 0.25) is 0 Å². The average Bonchev–Trinajstić information content (AvgIpc) is 2.31. The summed E-state index contributed by atoms with van der Waals surface area (Å²) in [5, 5.41) is 11.0. The van der Waals surface area contributed by atoms with Crippen LogP contribution in [0.15, 0.2) is 16.6 Å². The van der Waals surface area contributed by atoms with E-state index in [-0.39, 0.29) is 16.2 Å². The van der Waals surface area contributed by atoms with Gasteiger partial charge in [0.05, 0.1) is 9.40 Å². The van der Waals surface area contributed by atoms with Crippen LogP contribution in [-0.4, -0.2) is 24.1 Å². The van der Waals surface area contributed by atoms with E-state index in [4.69, 9.17) is 5.73 Å². The second-order valence-electron chi connectivity index (χ2n) is 4.36. The average molecular weight is 318 g/mol. The Hall–Kier alpha value is -1.21. The highest BCUT2D eigenvalue weighted by Crippen LogP contribution is 2.34. The summed E-state index contributed by atoms with van der Waals surface area (Å²) in [6.45, 7) is 1.18.